The molecule has 2 saturated heterocycles. The maximum absolute atomic E-state index is 12.6. The van der Waals surface area contributed by atoms with E-state index in [9.17, 15) is 4.79 Å². The van der Waals surface area contributed by atoms with E-state index in [4.69, 9.17) is 14.2 Å². The van der Waals surface area contributed by atoms with Crippen LogP contribution in [0, 0.1) is 18.3 Å². The molecular weight excluding hydrogens is 382 g/mol. The van der Waals surface area contributed by atoms with Crippen LogP contribution in [0.3, 0.4) is 0 Å². The molecule has 2 amide bonds. The van der Waals surface area contributed by atoms with Crippen molar-refractivity contribution < 1.29 is 19.0 Å². The fraction of sp³-hybridized carbons (Fsp3) is 0.739. The van der Waals surface area contributed by atoms with E-state index in [0.29, 0.717) is 18.6 Å². The molecule has 30 heavy (non-hydrogen) atoms. The van der Waals surface area contributed by atoms with Crippen molar-refractivity contribution in [3.63, 3.8) is 0 Å². The van der Waals surface area contributed by atoms with Crippen molar-refractivity contribution >= 4 is 6.03 Å². The molecule has 1 saturated carbocycles. The van der Waals surface area contributed by atoms with Crippen LogP contribution in [0.15, 0.2) is 18.3 Å². The second-order valence-corrected chi connectivity index (χ2v) is 9.98. The lowest BCUT2D eigenvalue weighted by Crippen LogP contribution is -2.51. The van der Waals surface area contributed by atoms with E-state index in [1.807, 2.05) is 19.1 Å². The number of nitrogens with zero attached hydrogens (tertiary/aromatic N) is 1. The van der Waals surface area contributed by atoms with Crippen LogP contribution in [0.2, 0.25) is 0 Å². The van der Waals surface area contributed by atoms with E-state index in [-0.39, 0.29) is 36.4 Å². The van der Waals surface area contributed by atoms with E-state index in [1.54, 1.807) is 6.20 Å². The molecule has 166 valence electrons. The molecule has 3 aliphatic rings. The summed E-state index contributed by atoms with van der Waals surface area (Å²) in [6.07, 6.45) is 5.60. The molecule has 3 heterocycles. The van der Waals surface area contributed by atoms with Crippen LogP contribution in [0.25, 0.3) is 0 Å². The lowest BCUT2D eigenvalue weighted by molar-refractivity contribution is 0.0299. The molecular formula is C23H35N3O4. The smallest absolute Gasteiger partial charge is 0.315 e. The largest absolute Gasteiger partial charge is 0.483 e. The molecule has 0 spiro atoms. The molecule has 1 aromatic heterocycles. The van der Waals surface area contributed by atoms with Crippen LogP contribution in [0.4, 0.5) is 4.79 Å². The summed E-state index contributed by atoms with van der Waals surface area (Å²) >= 11 is 0. The Bertz CT molecular complexity index is 742. The molecule has 0 aromatic carbocycles. The highest BCUT2D eigenvalue weighted by Gasteiger charge is 2.49. The number of aromatic nitrogens is 1. The van der Waals surface area contributed by atoms with Crippen molar-refractivity contribution in [1.82, 2.24) is 15.6 Å². The summed E-state index contributed by atoms with van der Waals surface area (Å²) in [7, 11) is 0. The predicted molar refractivity (Wildman–Crippen MR) is 114 cm³/mol. The standard InChI is InChI=1S/C23H35N3O4/c1-14-18(6-5-11-24-14)30-19-13-29-20-17(12-28-21(19)20)26-22(27)25-16-9-7-15(8-10-16)23(2,3)4/h5-6,11,15-17,19-21H,7-10,12-13H2,1-4H3,(H2,25,26,27)/t15?,16?,17-,19-,20+,21+/m0/s1. The number of amides is 2. The number of hydrogen-bond donors (Lipinski definition) is 2. The van der Waals surface area contributed by atoms with Gasteiger partial charge in [0.25, 0.3) is 0 Å². The van der Waals surface area contributed by atoms with E-state index in [0.717, 1.165) is 30.2 Å². The van der Waals surface area contributed by atoms with Gasteiger partial charge in [0, 0.05) is 12.2 Å². The normalized spacial score (nSPS) is 33.7. The number of urea groups is 1. The lowest BCUT2D eigenvalue weighted by Gasteiger charge is -2.37. The quantitative estimate of drug-likeness (QED) is 0.786. The molecule has 2 N–H and O–H groups in total. The van der Waals surface area contributed by atoms with Crippen LogP contribution in [0.5, 0.6) is 5.75 Å². The van der Waals surface area contributed by atoms with Crippen molar-refractivity contribution in [2.24, 2.45) is 11.3 Å². The van der Waals surface area contributed by atoms with Crippen molar-refractivity contribution in [3.05, 3.63) is 24.0 Å². The zero-order chi connectivity index (χ0) is 21.3. The van der Waals surface area contributed by atoms with Gasteiger partial charge in [-0.3, -0.25) is 4.98 Å². The zero-order valence-electron chi connectivity index (χ0n) is 18.5. The van der Waals surface area contributed by atoms with Crippen molar-refractivity contribution in [2.75, 3.05) is 13.2 Å². The second-order valence-electron chi connectivity index (χ2n) is 9.98. The minimum absolute atomic E-state index is 0.125. The molecule has 1 aliphatic carbocycles. The Morgan fingerprint density at radius 3 is 2.53 bits per heavy atom. The maximum Gasteiger partial charge on any atom is 0.315 e. The molecule has 7 nitrogen and oxygen atoms in total. The zero-order valence-corrected chi connectivity index (χ0v) is 18.5. The molecule has 0 unspecified atom stereocenters. The number of fused-ring (bicyclic) bond motifs is 1. The molecule has 4 rings (SSSR count). The third kappa shape index (κ3) is 4.72. The fourth-order valence-electron chi connectivity index (χ4n) is 4.95. The molecule has 7 heteroatoms. The Morgan fingerprint density at radius 2 is 1.83 bits per heavy atom. The Kier molecular flexibility index (Phi) is 6.21. The summed E-state index contributed by atoms with van der Waals surface area (Å²) in [6.45, 7) is 9.72. The molecule has 1 aromatic rings. The van der Waals surface area contributed by atoms with Crippen LogP contribution >= 0.6 is 0 Å². The highest BCUT2D eigenvalue weighted by Crippen LogP contribution is 2.37. The van der Waals surface area contributed by atoms with Gasteiger partial charge in [-0.2, -0.15) is 0 Å². The van der Waals surface area contributed by atoms with Gasteiger partial charge in [0.15, 0.2) is 6.10 Å². The molecule has 3 fully saturated rings. The van der Waals surface area contributed by atoms with Gasteiger partial charge in [-0.25, -0.2) is 4.79 Å². The summed E-state index contributed by atoms with van der Waals surface area (Å²) in [4.78, 5) is 16.8. The number of carbonyl (C=O) groups is 1. The van der Waals surface area contributed by atoms with Gasteiger partial charge in [-0.05, 0) is 56.1 Å². The Hall–Kier alpha value is -1.86. The van der Waals surface area contributed by atoms with Crippen LogP contribution in [-0.2, 0) is 9.47 Å². The fourth-order valence-corrected chi connectivity index (χ4v) is 4.95. The number of nitrogens with one attached hydrogen (secondary N) is 2. The van der Waals surface area contributed by atoms with E-state index < -0.39 is 0 Å². The highest BCUT2D eigenvalue weighted by atomic mass is 16.6. The third-order valence-corrected chi connectivity index (χ3v) is 6.85. The first-order valence-electron chi connectivity index (χ1n) is 11.2. The van der Waals surface area contributed by atoms with E-state index in [1.165, 1.54) is 12.8 Å². The molecule has 0 radical (unpaired) electrons. The number of rotatable bonds is 4. The molecule has 2 aliphatic heterocycles. The number of pyridine rings is 1. The first kappa shape index (κ1) is 21.4. The summed E-state index contributed by atoms with van der Waals surface area (Å²) in [6, 6.07) is 3.72. The number of carbonyl (C=O) groups excluding carboxylic acids is 1. The summed E-state index contributed by atoms with van der Waals surface area (Å²) in [5.41, 5.74) is 1.19. The highest BCUT2D eigenvalue weighted by molar-refractivity contribution is 5.74. The minimum atomic E-state index is -0.194. The summed E-state index contributed by atoms with van der Waals surface area (Å²) < 4.78 is 18.0. The average molecular weight is 418 g/mol. The second kappa shape index (κ2) is 8.71. The minimum Gasteiger partial charge on any atom is -0.483 e. The SMILES string of the molecule is Cc1ncccc1O[C@H]1CO[C@H]2[C@@H]1OC[C@@H]2NC(=O)NC1CCC(C(C)(C)C)CC1. The lowest BCUT2D eigenvalue weighted by atomic mass is 9.71. The Morgan fingerprint density at radius 1 is 1.10 bits per heavy atom. The maximum atomic E-state index is 12.6. The topological polar surface area (TPSA) is 81.7 Å². The average Bonchev–Trinajstić information content (AvgIpc) is 3.27. The summed E-state index contributed by atoms with van der Waals surface area (Å²) in [5.74, 6) is 1.48. The van der Waals surface area contributed by atoms with Crippen LogP contribution in [-0.4, -0.2) is 54.6 Å². The summed E-state index contributed by atoms with van der Waals surface area (Å²) in [5, 5.41) is 6.22. The third-order valence-electron chi connectivity index (χ3n) is 6.85. The number of aryl methyl sites for hydroxylation is 1. The molecule has 0 bridgehead atoms. The first-order valence-corrected chi connectivity index (χ1v) is 11.2. The van der Waals surface area contributed by atoms with E-state index in [2.05, 4.69) is 36.4 Å². The monoisotopic (exact) mass is 417 g/mol. The first-order chi connectivity index (χ1) is 14.3. The van der Waals surface area contributed by atoms with Gasteiger partial charge < -0.3 is 24.8 Å². The van der Waals surface area contributed by atoms with Gasteiger partial charge in [0.2, 0.25) is 0 Å². The van der Waals surface area contributed by atoms with Crippen LogP contribution in [0.1, 0.15) is 52.1 Å². The number of hydrogen-bond acceptors (Lipinski definition) is 5. The van der Waals surface area contributed by atoms with Crippen molar-refractivity contribution in [2.45, 2.75) is 83.8 Å². The Labute approximate surface area is 179 Å². The number of ether oxygens (including phenoxy) is 3. The van der Waals surface area contributed by atoms with Crippen LogP contribution < -0.4 is 15.4 Å². The molecule has 4 atom stereocenters. The Balaban J connectivity index is 1.25. The van der Waals surface area contributed by atoms with Gasteiger partial charge in [-0.1, -0.05) is 20.8 Å². The van der Waals surface area contributed by atoms with Gasteiger partial charge in [0.1, 0.15) is 18.0 Å². The van der Waals surface area contributed by atoms with Crippen molar-refractivity contribution in [3.8, 4) is 5.75 Å². The van der Waals surface area contributed by atoms with E-state index >= 15 is 0 Å². The van der Waals surface area contributed by atoms with Gasteiger partial charge in [0.05, 0.1) is 24.9 Å². The van der Waals surface area contributed by atoms with Gasteiger partial charge in [-0.15, -0.1) is 0 Å². The predicted octanol–water partition coefficient (Wildman–Crippen LogP) is 3.21. The van der Waals surface area contributed by atoms with Gasteiger partial charge >= 0.3 is 6.03 Å². The van der Waals surface area contributed by atoms with Crippen molar-refractivity contribution in [1.29, 1.82) is 0 Å².